The largest absolute Gasteiger partial charge is 0.393 e. The van der Waals surface area contributed by atoms with Crippen LogP contribution in [0.1, 0.15) is 42.3 Å². The first-order valence-electron chi connectivity index (χ1n) is 7.43. The highest BCUT2D eigenvalue weighted by Gasteiger charge is 2.34. The Bertz CT molecular complexity index is 475. The highest BCUT2D eigenvalue weighted by Crippen LogP contribution is 2.22. The molecule has 1 aliphatic heterocycles. The minimum Gasteiger partial charge on any atom is -0.393 e. The van der Waals surface area contributed by atoms with E-state index in [4.69, 9.17) is 0 Å². The van der Waals surface area contributed by atoms with Crippen LogP contribution in [0.3, 0.4) is 0 Å². The van der Waals surface area contributed by atoms with E-state index in [1.54, 1.807) is 11.0 Å². The summed E-state index contributed by atoms with van der Waals surface area (Å²) in [6.45, 7) is 2.99. The SMILES string of the molecule is CCC(O)CCNC(=O)[C@@H]1CCCN1C(=O)c1cccs1. The molecule has 1 aromatic rings. The van der Waals surface area contributed by atoms with Crippen molar-refractivity contribution >= 4 is 23.2 Å². The van der Waals surface area contributed by atoms with Gasteiger partial charge < -0.3 is 15.3 Å². The molecule has 0 aliphatic carbocycles. The summed E-state index contributed by atoms with van der Waals surface area (Å²) in [5.74, 6) is -0.169. The summed E-state index contributed by atoms with van der Waals surface area (Å²) in [6.07, 6.45) is 2.42. The first kappa shape index (κ1) is 16.0. The van der Waals surface area contributed by atoms with Crippen LogP contribution >= 0.6 is 11.3 Å². The number of thiophene rings is 1. The number of carbonyl (C=O) groups is 2. The lowest BCUT2D eigenvalue weighted by Crippen LogP contribution is -2.46. The number of hydrogen-bond acceptors (Lipinski definition) is 4. The van der Waals surface area contributed by atoms with Gasteiger partial charge in [0.05, 0.1) is 11.0 Å². The van der Waals surface area contributed by atoms with E-state index in [0.29, 0.717) is 37.2 Å². The zero-order valence-corrected chi connectivity index (χ0v) is 13.1. The Labute approximate surface area is 129 Å². The van der Waals surface area contributed by atoms with Gasteiger partial charge in [0, 0.05) is 13.1 Å². The number of rotatable bonds is 6. The van der Waals surface area contributed by atoms with Crippen LogP contribution in [-0.2, 0) is 4.79 Å². The lowest BCUT2D eigenvalue weighted by molar-refractivity contribution is -0.124. The van der Waals surface area contributed by atoms with Crippen molar-refractivity contribution in [2.45, 2.75) is 44.8 Å². The summed E-state index contributed by atoms with van der Waals surface area (Å²) in [6, 6.07) is 3.26. The van der Waals surface area contributed by atoms with Crippen molar-refractivity contribution < 1.29 is 14.7 Å². The van der Waals surface area contributed by atoms with E-state index >= 15 is 0 Å². The van der Waals surface area contributed by atoms with Gasteiger partial charge >= 0.3 is 0 Å². The van der Waals surface area contributed by atoms with Gasteiger partial charge in [-0.2, -0.15) is 0 Å². The highest BCUT2D eigenvalue weighted by atomic mass is 32.1. The van der Waals surface area contributed by atoms with Gasteiger partial charge in [-0.25, -0.2) is 0 Å². The van der Waals surface area contributed by atoms with Gasteiger partial charge in [0.2, 0.25) is 5.91 Å². The molecule has 1 aromatic heterocycles. The van der Waals surface area contributed by atoms with Gasteiger partial charge in [0.1, 0.15) is 6.04 Å². The fourth-order valence-electron chi connectivity index (χ4n) is 2.51. The second-order valence-corrected chi connectivity index (χ2v) is 6.22. The molecule has 6 heteroatoms. The Morgan fingerprint density at radius 2 is 2.38 bits per heavy atom. The number of aliphatic hydroxyl groups is 1. The second-order valence-electron chi connectivity index (χ2n) is 5.28. The third kappa shape index (κ3) is 4.04. The molecule has 2 heterocycles. The summed E-state index contributed by atoms with van der Waals surface area (Å²) in [5, 5.41) is 14.2. The van der Waals surface area contributed by atoms with Crippen LogP contribution in [0.15, 0.2) is 17.5 Å². The molecule has 2 N–H and O–H groups in total. The first-order valence-corrected chi connectivity index (χ1v) is 8.31. The van der Waals surface area contributed by atoms with Crippen molar-refractivity contribution in [3.8, 4) is 0 Å². The molecule has 0 saturated carbocycles. The van der Waals surface area contributed by atoms with E-state index in [1.165, 1.54) is 11.3 Å². The number of nitrogens with zero attached hydrogens (tertiary/aromatic N) is 1. The van der Waals surface area contributed by atoms with Crippen molar-refractivity contribution in [1.82, 2.24) is 10.2 Å². The molecule has 1 fully saturated rings. The zero-order chi connectivity index (χ0) is 15.2. The molecule has 0 radical (unpaired) electrons. The fraction of sp³-hybridized carbons (Fsp3) is 0.600. The van der Waals surface area contributed by atoms with E-state index in [-0.39, 0.29) is 24.0 Å². The molecule has 116 valence electrons. The first-order chi connectivity index (χ1) is 10.1. The number of aliphatic hydroxyl groups excluding tert-OH is 1. The van der Waals surface area contributed by atoms with Gasteiger partial charge in [-0.15, -0.1) is 11.3 Å². The van der Waals surface area contributed by atoms with Crippen LogP contribution < -0.4 is 5.32 Å². The molecule has 0 spiro atoms. The van der Waals surface area contributed by atoms with E-state index in [0.717, 1.165) is 6.42 Å². The third-order valence-electron chi connectivity index (χ3n) is 3.80. The average Bonchev–Trinajstić information content (AvgIpc) is 3.17. The summed E-state index contributed by atoms with van der Waals surface area (Å²) in [5.41, 5.74) is 0. The highest BCUT2D eigenvalue weighted by molar-refractivity contribution is 7.12. The molecular formula is C15H22N2O3S. The maximum absolute atomic E-state index is 12.4. The van der Waals surface area contributed by atoms with Gasteiger partial charge in [-0.3, -0.25) is 9.59 Å². The standard InChI is InChI=1S/C15H22N2O3S/c1-2-11(18)7-8-16-14(19)12-5-3-9-17(12)15(20)13-6-4-10-21-13/h4,6,10-12,18H,2-3,5,7-9H2,1H3,(H,16,19)/t11?,12-/m0/s1. The van der Waals surface area contributed by atoms with Gasteiger partial charge in [-0.05, 0) is 37.1 Å². The van der Waals surface area contributed by atoms with E-state index < -0.39 is 0 Å². The summed E-state index contributed by atoms with van der Waals surface area (Å²) < 4.78 is 0. The Balaban J connectivity index is 1.89. The van der Waals surface area contributed by atoms with Crippen LogP contribution in [0.2, 0.25) is 0 Å². The predicted molar refractivity (Wildman–Crippen MR) is 82.3 cm³/mol. The molecule has 1 aliphatic rings. The molecule has 0 aromatic carbocycles. The zero-order valence-electron chi connectivity index (χ0n) is 12.2. The molecule has 2 amide bonds. The minimum absolute atomic E-state index is 0.0590. The van der Waals surface area contributed by atoms with Crippen molar-refractivity contribution in [3.05, 3.63) is 22.4 Å². The number of amides is 2. The van der Waals surface area contributed by atoms with E-state index in [9.17, 15) is 14.7 Å². The summed E-state index contributed by atoms with van der Waals surface area (Å²) >= 11 is 1.40. The maximum Gasteiger partial charge on any atom is 0.264 e. The quantitative estimate of drug-likeness (QED) is 0.839. The minimum atomic E-state index is -0.377. The maximum atomic E-state index is 12.4. The van der Waals surface area contributed by atoms with Crippen LogP contribution in [0.25, 0.3) is 0 Å². The molecule has 5 nitrogen and oxygen atoms in total. The summed E-state index contributed by atoms with van der Waals surface area (Å²) in [4.78, 5) is 26.9. The molecule has 2 atom stereocenters. The Morgan fingerprint density at radius 3 is 3.05 bits per heavy atom. The van der Waals surface area contributed by atoms with Crippen LogP contribution in [-0.4, -0.2) is 47.1 Å². The number of hydrogen-bond donors (Lipinski definition) is 2. The number of likely N-dealkylation sites (tertiary alicyclic amines) is 1. The van der Waals surface area contributed by atoms with Gasteiger partial charge in [-0.1, -0.05) is 13.0 Å². The Hall–Kier alpha value is -1.40. The van der Waals surface area contributed by atoms with Crippen molar-refractivity contribution in [1.29, 1.82) is 0 Å². The molecule has 21 heavy (non-hydrogen) atoms. The van der Waals surface area contributed by atoms with Crippen molar-refractivity contribution in [2.24, 2.45) is 0 Å². The van der Waals surface area contributed by atoms with Crippen molar-refractivity contribution in [3.63, 3.8) is 0 Å². The monoisotopic (exact) mass is 310 g/mol. The fourth-order valence-corrected chi connectivity index (χ4v) is 3.19. The van der Waals surface area contributed by atoms with Crippen LogP contribution in [0.5, 0.6) is 0 Å². The molecule has 0 bridgehead atoms. The van der Waals surface area contributed by atoms with E-state index in [2.05, 4.69) is 5.32 Å². The Morgan fingerprint density at radius 1 is 1.57 bits per heavy atom. The average molecular weight is 310 g/mol. The lowest BCUT2D eigenvalue weighted by atomic mass is 10.2. The van der Waals surface area contributed by atoms with Crippen LogP contribution in [0, 0.1) is 0 Å². The molecular weight excluding hydrogens is 288 g/mol. The van der Waals surface area contributed by atoms with Crippen LogP contribution in [0.4, 0.5) is 0 Å². The Kier molecular flexibility index (Phi) is 5.76. The van der Waals surface area contributed by atoms with Gasteiger partial charge in [0.25, 0.3) is 5.91 Å². The molecule has 2 rings (SSSR count). The summed E-state index contributed by atoms with van der Waals surface area (Å²) in [7, 11) is 0. The van der Waals surface area contributed by atoms with Gasteiger partial charge in [0.15, 0.2) is 0 Å². The number of nitrogens with one attached hydrogen (secondary N) is 1. The molecule has 1 saturated heterocycles. The second kappa shape index (κ2) is 7.56. The smallest absolute Gasteiger partial charge is 0.264 e. The normalized spacial score (nSPS) is 19.5. The molecule has 1 unspecified atom stereocenters. The lowest BCUT2D eigenvalue weighted by Gasteiger charge is -2.23. The predicted octanol–water partition coefficient (Wildman–Crippen LogP) is 1.63. The third-order valence-corrected chi connectivity index (χ3v) is 4.65. The topological polar surface area (TPSA) is 69.6 Å². The number of carbonyl (C=O) groups excluding carboxylic acids is 2. The van der Waals surface area contributed by atoms with E-state index in [1.807, 2.05) is 18.4 Å². The van der Waals surface area contributed by atoms with Crippen molar-refractivity contribution in [2.75, 3.05) is 13.1 Å².